The number of benzene rings is 1. The van der Waals surface area contributed by atoms with Gasteiger partial charge in [0.2, 0.25) is 0 Å². The van der Waals surface area contributed by atoms with Gasteiger partial charge in [0, 0.05) is 0 Å². The fourth-order valence-corrected chi connectivity index (χ4v) is 6.63. The lowest BCUT2D eigenvalue weighted by Crippen LogP contribution is -2.55. The van der Waals surface area contributed by atoms with Crippen molar-refractivity contribution in [3.05, 3.63) is 47.8 Å². The lowest BCUT2D eigenvalue weighted by molar-refractivity contribution is -0.653. The molecule has 1 saturated carbocycles. The van der Waals surface area contributed by atoms with Gasteiger partial charge in [-0.25, -0.2) is 4.79 Å². The average molecular weight is 526 g/mol. The topological polar surface area (TPSA) is 87.7 Å². The van der Waals surface area contributed by atoms with Gasteiger partial charge in [0.25, 0.3) is 0 Å². The van der Waals surface area contributed by atoms with Crippen molar-refractivity contribution in [1.29, 1.82) is 0 Å². The molecule has 1 aromatic carbocycles. The number of rotatable bonds is 10. The van der Waals surface area contributed by atoms with E-state index < -0.39 is 24.6 Å². The van der Waals surface area contributed by atoms with Crippen molar-refractivity contribution >= 4 is 30.9 Å². The molecule has 1 aliphatic carbocycles. The Kier molecular flexibility index (Phi) is 9.79. The third-order valence-electron chi connectivity index (χ3n) is 8.49. The maximum absolute atomic E-state index is 13.5. The van der Waals surface area contributed by atoms with Crippen LogP contribution in [0.25, 0.3) is 0 Å². The van der Waals surface area contributed by atoms with E-state index in [0.717, 1.165) is 5.56 Å². The fraction of sp³-hybridized carbons (Fsp3) is 0.586. The molecular weight excluding hydrogens is 483 g/mol. The predicted molar refractivity (Wildman–Crippen MR) is 147 cm³/mol. The second-order valence-electron chi connectivity index (χ2n) is 11.0. The van der Waals surface area contributed by atoms with E-state index in [1.165, 1.54) is 5.72 Å². The van der Waals surface area contributed by atoms with E-state index in [2.05, 4.69) is 23.0 Å². The number of aromatic nitrogens is 2. The normalized spacial score (nSPS) is 20.7. The molecule has 0 N–H and O–H groups in total. The number of aryl methyl sites for hydroxylation is 2. The van der Waals surface area contributed by atoms with Crippen LogP contribution in [0.4, 0.5) is 0 Å². The maximum Gasteiger partial charge on any atom is 0.338 e. The second-order valence-corrected chi connectivity index (χ2v) is 11.0. The zero-order chi connectivity index (χ0) is 28.0. The molecule has 8 nitrogen and oxygen atoms in total. The highest BCUT2D eigenvalue weighted by atomic mass is 16.6. The highest BCUT2D eigenvalue weighted by Crippen LogP contribution is 2.55. The largest absolute Gasteiger partial charge is 0.465 e. The first-order valence-corrected chi connectivity index (χ1v) is 14.0. The van der Waals surface area contributed by atoms with Gasteiger partial charge in [-0.3, -0.25) is 18.7 Å². The molecule has 1 aliphatic rings. The van der Waals surface area contributed by atoms with Crippen molar-refractivity contribution in [1.82, 2.24) is 4.57 Å². The summed E-state index contributed by atoms with van der Waals surface area (Å²) in [6, 6.07) is 7.67. The third kappa shape index (κ3) is 5.97. The minimum Gasteiger partial charge on any atom is -0.465 e. The lowest BCUT2D eigenvalue weighted by atomic mass is 9.45. The molecule has 1 unspecified atom stereocenters. The smallest absolute Gasteiger partial charge is 0.338 e. The molecule has 0 spiro atoms. The van der Waals surface area contributed by atoms with Crippen LogP contribution in [0.15, 0.2) is 36.7 Å². The SMILES string of the molecule is CCOC(=O)c1ccc(C2[C@H](C(C)C)CC(C(=O)OCC)(C(=O)OCC)C[C@@H]2[BH2-]c2n(C)cc[n+]2C)cc1. The number of imidazole rings is 1. The van der Waals surface area contributed by atoms with Gasteiger partial charge in [0.1, 0.15) is 12.4 Å². The zero-order valence-corrected chi connectivity index (χ0v) is 24.2. The van der Waals surface area contributed by atoms with Crippen LogP contribution in [0.2, 0.25) is 5.82 Å². The summed E-state index contributed by atoms with van der Waals surface area (Å²) in [5.41, 5.74) is 1.51. The molecule has 9 heteroatoms. The second kappa shape index (κ2) is 12.6. The predicted octanol–water partition coefficient (Wildman–Crippen LogP) is 2.57. The van der Waals surface area contributed by atoms with Gasteiger partial charge in [-0.2, -0.15) is 5.82 Å². The minimum absolute atomic E-state index is 0.0327. The molecule has 3 rings (SSSR count). The molecule has 1 aromatic heterocycles. The van der Waals surface area contributed by atoms with Gasteiger partial charge in [-0.15, -0.1) is 0 Å². The van der Waals surface area contributed by atoms with Crippen LogP contribution in [0.1, 0.15) is 69.3 Å². The number of nitrogens with zero attached hydrogens (tertiary/aromatic N) is 2. The summed E-state index contributed by atoms with van der Waals surface area (Å²) >= 11 is 0. The molecule has 2 aromatic rings. The van der Waals surface area contributed by atoms with Crippen LogP contribution >= 0.6 is 0 Å². The van der Waals surface area contributed by atoms with E-state index in [9.17, 15) is 14.4 Å². The number of carbonyl (C=O) groups is 3. The number of hydrogen-bond acceptors (Lipinski definition) is 6. The highest BCUT2D eigenvalue weighted by Gasteiger charge is 2.56. The van der Waals surface area contributed by atoms with Crippen LogP contribution in [0.5, 0.6) is 0 Å². The summed E-state index contributed by atoms with van der Waals surface area (Å²) in [4.78, 5) is 39.4. The molecule has 0 bridgehead atoms. The quantitative estimate of drug-likeness (QED) is 0.156. The molecule has 38 heavy (non-hydrogen) atoms. The Morgan fingerprint density at radius 2 is 1.58 bits per heavy atom. The van der Waals surface area contributed by atoms with Crippen molar-refractivity contribution in [2.75, 3.05) is 19.8 Å². The summed E-state index contributed by atoms with van der Waals surface area (Å²) in [6.07, 6.45) is 4.82. The number of esters is 3. The summed E-state index contributed by atoms with van der Waals surface area (Å²) in [6.45, 7) is 10.4. The van der Waals surface area contributed by atoms with E-state index in [1.54, 1.807) is 20.8 Å². The molecule has 0 saturated heterocycles. The summed E-state index contributed by atoms with van der Waals surface area (Å²) in [5, 5.41) is 0. The molecule has 3 atom stereocenters. The molecule has 0 amide bonds. The average Bonchev–Trinajstić information content (AvgIpc) is 3.20. The van der Waals surface area contributed by atoms with Crippen molar-refractivity contribution in [3.63, 3.8) is 0 Å². The Morgan fingerprint density at radius 1 is 1.00 bits per heavy atom. The van der Waals surface area contributed by atoms with E-state index in [4.69, 9.17) is 14.2 Å². The molecular formula is C29H43BN2O6. The van der Waals surface area contributed by atoms with Gasteiger partial charge in [-0.05, 0) is 62.6 Å². The zero-order valence-electron chi connectivity index (χ0n) is 24.2. The Balaban J connectivity index is 2.14. The molecule has 1 fully saturated rings. The van der Waals surface area contributed by atoms with Gasteiger partial charge in [-0.1, -0.05) is 32.4 Å². The Labute approximate surface area is 226 Å². The summed E-state index contributed by atoms with van der Waals surface area (Å²) in [5.74, 6) is -0.889. The molecule has 208 valence electrons. The maximum atomic E-state index is 13.5. The molecule has 1 heterocycles. The Bertz CT molecular complexity index is 1090. The van der Waals surface area contributed by atoms with Crippen molar-refractivity contribution in [2.45, 2.75) is 59.2 Å². The van der Waals surface area contributed by atoms with E-state index in [1.807, 2.05) is 50.8 Å². The van der Waals surface area contributed by atoms with Crippen molar-refractivity contribution in [3.8, 4) is 0 Å². The number of ether oxygens (including phenoxy) is 3. The van der Waals surface area contributed by atoms with Crippen molar-refractivity contribution in [2.24, 2.45) is 31.3 Å². The first-order valence-electron chi connectivity index (χ1n) is 14.0. The fourth-order valence-electron chi connectivity index (χ4n) is 6.63. The van der Waals surface area contributed by atoms with E-state index in [-0.39, 0.29) is 42.8 Å². The van der Waals surface area contributed by atoms with Crippen LogP contribution < -0.4 is 10.3 Å². The monoisotopic (exact) mass is 526 g/mol. The van der Waals surface area contributed by atoms with Crippen LogP contribution in [-0.2, 0) is 37.9 Å². The van der Waals surface area contributed by atoms with Gasteiger partial charge < -0.3 is 14.2 Å². The van der Waals surface area contributed by atoms with Crippen LogP contribution in [0.3, 0.4) is 0 Å². The lowest BCUT2D eigenvalue weighted by Gasteiger charge is -2.50. The Morgan fingerprint density at radius 3 is 2.05 bits per heavy atom. The Hall–Kier alpha value is -3.10. The first-order chi connectivity index (χ1) is 18.1. The van der Waals surface area contributed by atoms with E-state index >= 15 is 0 Å². The van der Waals surface area contributed by atoms with Gasteiger partial charge in [0.15, 0.2) is 5.41 Å². The molecule has 0 aliphatic heterocycles. The third-order valence-corrected chi connectivity index (χ3v) is 8.49. The summed E-state index contributed by atoms with van der Waals surface area (Å²) < 4.78 is 20.5. The van der Waals surface area contributed by atoms with Gasteiger partial charge in [0.05, 0.1) is 52.5 Å². The van der Waals surface area contributed by atoms with E-state index in [0.29, 0.717) is 25.0 Å². The number of hydrogen-bond donors (Lipinski definition) is 0. The standard InChI is InChI=1S/C29H43BN2O6/c1-8-36-25(33)21-13-11-20(12-14-21)24-22(19(4)5)17-29(26(34)37-9-2,27(35)38-10-3)18-23(24)30-28-31(6)15-16-32(28)7/h11-16,19,22-24H,8-10,17-18,30H2,1-7H3/t22-,23-,24?/m0/s1. The van der Waals surface area contributed by atoms with Crippen LogP contribution in [-0.4, -0.2) is 49.6 Å². The first kappa shape index (κ1) is 29.5. The van der Waals surface area contributed by atoms with Gasteiger partial charge >= 0.3 is 17.9 Å². The number of carbonyl (C=O) groups excluding carboxylic acids is 3. The highest BCUT2D eigenvalue weighted by molar-refractivity contribution is 6.52. The van der Waals surface area contributed by atoms with Crippen molar-refractivity contribution < 1.29 is 33.2 Å². The van der Waals surface area contributed by atoms with Crippen LogP contribution in [0, 0.1) is 17.3 Å². The minimum atomic E-state index is -1.33. The summed E-state index contributed by atoms with van der Waals surface area (Å²) in [7, 11) is 3.24. The molecule has 0 radical (unpaired) electrons.